The first-order valence-corrected chi connectivity index (χ1v) is 8.30. The number of benzene rings is 1. The van der Waals surface area contributed by atoms with Gasteiger partial charge in [0.2, 0.25) is 0 Å². The van der Waals surface area contributed by atoms with Gasteiger partial charge in [0.1, 0.15) is 6.07 Å². The standard InChI is InChI=1S/C16H19BrFN3/c1-11-9-20-7-3-2-4-13(20)10-21(11)14-6-5-12(8-19)15(17)16(14)18/h5-6,11,13H,2-4,7,9-10H2,1H3. The second kappa shape index (κ2) is 5.94. The molecule has 0 radical (unpaired) electrons. The van der Waals surface area contributed by atoms with Gasteiger partial charge < -0.3 is 4.90 Å². The Morgan fingerprint density at radius 2 is 2.14 bits per heavy atom. The van der Waals surface area contributed by atoms with Crippen LogP contribution in [0.1, 0.15) is 31.7 Å². The van der Waals surface area contributed by atoms with Crippen LogP contribution >= 0.6 is 15.9 Å². The van der Waals surface area contributed by atoms with Gasteiger partial charge in [0.05, 0.1) is 15.7 Å². The van der Waals surface area contributed by atoms with E-state index in [-0.39, 0.29) is 16.3 Å². The Bertz CT molecular complexity index is 584. The van der Waals surface area contributed by atoms with Crippen molar-refractivity contribution in [1.29, 1.82) is 5.26 Å². The van der Waals surface area contributed by atoms with Crippen molar-refractivity contribution < 1.29 is 4.39 Å². The summed E-state index contributed by atoms with van der Waals surface area (Å²) in [5.74, 6) is -0.315. The van der Waals surface area contributed by atoms with Crippen LogP contribution in [0.4, 0.5) is 10.1 Å². The van der Waals surface area contributed by atoms with Gasteiger partial charge in [-0.3, -0.25) is 4.90 Å². The third kappa shape index (κ3) is 2.67. The minimum Gasteiger partial charge on any atom is -0.364 e. The van der Waals surface area contributed by atoms with Crippen molar-refractivity contribution >= 4 is 21.6 Å². The number of piperidine rings is 1. The molecule has 3 rings (SSSR count). The molecule has 0 bridgehead atoms. The van der Waals surface area contributed by atoms with Crippen LogP contribution in [0.3, 0.4) is 0 Å². The summed E-state index contributed by atoms with van der Waals surface area (Å²) in [5.41, 5.74) is 0.957. The van der Waals surface area contributed by atoms with Gasteiger partial charge >= 0.3 is 0 Å². The molecule has 2 aliphatic heterocycles. The molecular formula is C16H19BrFN3. The van der Waals surface area contributed by atoms with Gasteiger partial charge in [0.15, 0.2) is 5.82 Å². The van der Waals surface area contributed by atoms with Crippen molar-refractivity contribution in [3.05, 3.63) is 28.0 Å². The van der Waals surface area contributed by atoms with Crippen LogP contribution in [0.25, 0.3) is 0 Å². The van der Waals surface area contributed by atoms with Crippen molar-refractivity contribution in [3.63, 3.8) is 0 Å². The molecule has 1 aromatic rings. The topological polar surface area (TPSA) is 30.3 Å². The van der Waals surface area contributed by atoms with Crippen LogP contribution in [0.5, 0.6) is 0 Å². The third-order valence-electron chi connectivity index (χ3n) is 4.68. The molecule has 2 unspecified atom stereocenters. The van der Waals surface area contributed by atoms with E-state index in [0.29, 0.717) is 17.3 Å². The molecule has 0 spiro atoms. The van der Waals surface area contributed by atoms with Crippen LogP contribution in [-0.2, 0) is 0 Å². The zero-order valence-corrected chi connectivity index (χ0v) is 13.7. The molecule has 21 heavy (non-hydrogen) atoms. The van der Waals surface area contributed by atoms with E-state index in [0.717, 1.165) is 13.1 Å². The molecular weight excluding hydrogens is 333 g/mol. The third-order valence-corrected chi connectivity index (χ3v) is 5.45. The Morgan fingerprint density at radius 3 is 2.90 bits per heavy atom. The number of hydrogen-bond acceptors (Lipinski definition) is 3. The number of halogens is 2. The monoisotopic (exact) mass is 351 g/mol. The van der Waals surface area contributed by atoms with Crippen LogP contribution in [-0.4, -0.2) is 36.6 Å². The average Bonchev–Trinajstić information content (AvgIpc) is 2.49. The maximum Gasteiger partial charge on any atom is 0.161 e. The van der Waals surface area contributed by atoms with Crippen molar-refractivity contribution in [3.8, 4) is 6.07 Å². The van der Waals surface area contributed by atoms with Gasteiger partial charge in [-0.05, 0) is 54.4 Å². The number of nitrogens with zero attached hydrogens (tertiary/aromatic N) is 3. The molecule has 2 aliphatic rings. The minimum absolute atomic E-state index is 0.278. The van der Waals surface area contributed by atoms with Gasteiger partial charge in [-0.2, -0.15) is 5.26 Å². The quantitative estimate of drug-likeness (QED) is 0.775. The lowest BCUT2D eigenvalue weighted by Gasteiger charge is -2.48. The van der Waals surface area contributed by atoms with Crippen LogP contribution < -0.4 is 4.90 Å². The summed E-state index contributed by atoms with van der Waals surface area (Å²) in [7, 11) is 0. The molecule has 112 valence electrons. The molecule has 2 fully saturated rings. The van der Waals surface area contributed by atoms with Crippen LogP contribution in [0.15, 0.2) is 16.6 Å². The van der Waals surface area contributed by atoms with Crippen molar-refractivity contribution in [2.45, 2.75) is 38.3 Å². The van der Waals surface area contributed by atoms with E-state index in [1.807, 2.05) is 6.07 Å². The fraction of sp³-hybridized carbons (Fsp3) is 0.562. The summed E-state index contributed by atoms with van der Waals surface area (Å²) < 4.78 is 14.9. The molecule has 2 heterocycles. The smallest absolute Gasteiger partial charge is 0.161 e. The lowest BCUT2D eigenvalue weighted by molar-refractivity contribution is 0.115. The fourth-order valence-electron chi connectivity index (χ4n) is 3.54. The van der Waals surface area contributed by atoms with Crippen molar-refractivity contribution in [1.82, 2.24) is 4.90 Å². The zero-order valence-electron chi connectivity index (χ0n) is 12.1. The Kier molecular flexibility index (Phi) is 4.19. The summed E-state index contributed by atoms with van der Waals surface area (Å²) in [5, 5.41) is 8.98. The van der Waals surface area contributed by atoms with E-state index in [1.54, 1.807) is 12.1 Å². The summed E-state index contributed by atoms with van der Waals surface area (Å²) in [6.07, 6.45) is 3.74. The van der Waals surface area contributed by atoms with Gasteiger partial charge in [0.25, 0.3) is 0 Å². The highest BCUT2D eigenvalue weighted by atomic mass is 79.9. The molecule has 2 atom stereocenters. The molecule has 0 N–H and O–H groups in total. The summed E-state index contributed by atoms with van der Waals surface area (Å²) in [4.78, 5) is 4.70. The molecule has 0 amide bonds. The van der Waals surface area contributed by atoms with Gasteiger partial charge in [-0.25, -0.2) is 4.39 Å². The predicted molar refractivity (Wildman–Crippen MR) is 84.8 cm³/mol. The number of fused-ring (bicyclic) bond motifs is 1. The molecule has 2 saturated heterocycles. The largest absolute Gasteiger partial charge is 0.364 e. The zero-order chi connectivity index (χ0) is 15.0. The normalized spacial score (nSPS) is 26.3. The Labute approximate surface area is 133 Å². The number of anilines is 1. The molecule has 1 aromatic carbocycles. The van der Waals surface area contributed by atoms with E-state index >= 15 is 0 Å². The number of rotatable bonds is 1. The number of hydrogen-bond donors (Lipinski definition) is 0. The van der Waals surface area contributed by atoms with Crippen molar-refractivity contribution in [2.24, 2.45) is 0 Å². The second-order valence-corrected chi connectivity index (χ2v) is 6.81. The molecule has 0 aliphatic carbocycles. The number of nitriles is 1. The lowest BCUT2D eigenvalue weighted by atomic mass is 9.96. The lowest BCUT2D eigenvalue weighted by Crippen LogP contribution is -2.59. The van der Waals surface area contributed by atoms with Gasteiger partial charge in [-0.15, -0.1) is 0 Å². The summed E-state index contributed by atoms with van der Waals surface area (Å²) in [6.45, 7) is 5.18. The SMILES string of the molecule is CC1CN2CCCCC2CN1c1ccc(C#N)c(Br)c1F. The first-order chi connectivity index (χ1) is 10.1. The maximum absolute atomic E-state index is 14.6. The molecule has 0 saturated carbocycles. The van der Waals surface area contributed by atoms with E-state index in [4.69, 9.17) is 5.26 Å². The minimum atomic E-state index is -0.315. The highest BCUT2D eigenvalue weighted by Crippen LogP contribution is 2.33. The van der Waals surface area contributed by atoms with E-state index in [1.165, 1.54) is 25.8 Å². The Balaban J connectivity index is 1.90. The summed E-state index contributed by atoms with van der Waals surface area (Å²) in [6, 6.07) is 6.27. The maximum atomic E-state index is 14.6. The van der Waals surface area contributed by atoms with Crippen LogP contribution in [0.2, 0.25) is 0 Å². The highest BCUT2D eigenvalue weighted by molar-refractivity contribution is 9.10. The molecule has 5 heteroatoms. The predicted octanol–water partition coefficient (Wildman–Crippen LogP) is 3.52. The van der Waals surface area contributed by atoms with Crippen LogP contribution in [0, 0.1) is 17.1 Å². The van der Waals surface area contributed by atoms with Gasteiger partial charge in [0, 0.05) is 25.2 Å². The van der Waals surface area contributed by atoms with Gasteiger partial charge in [-0.1, -0.05) is 6.42 Å². The Hall–Kier alpha value is -1.12. The molecule has 0 aromatic heterocycles. The summed E-state index contributed by atoms with van der Waals surface area (Å²) >= 11 is 3.21. The molecule has 3 nitrogen and oxygen atoms in total. The van der Waals surface area contributed by atoms with Crippen molar-refractivity contribution in [2.75, 3.05) is 24.5 Å². The Morgan fingerprint density at radius 1 is 1.33 bits per heavy atom. The first kappa shape index (κ1) is 14.8. The number of piperazine rings is 1. The first-order valence-electron chi connectivity index (χ1n) is 7.50. The van der Waals surface area contributed by atoms with E-state index < -0.39 is 0 Å². The van der Waals surface area contributed by atoms with E-state index in [9.17, 15) is 4.39 Å². The second-order valence-electron chi connectivity index (χ2n) is 6.02. The average molecular weight is 352 g/mol. The fourth-order valence-corrected chi connectivity index (χ4v) is 3.96. The highest BCUT2D eigenvalue weighted by Gasteiger charge is 2.34. The van der Waals surface area contributed by atoms with E-state index in [2.05, 4.69) is 32.7 Å².